The largest absolute Gasteiger partial charge is 0.493 e. The molecule has 0 aliphatic rings. The Morgan fingerprint density at radius 1 is 1.09 bits per heavy atom. The van der Waals surface area contributed by atoms with Crippen LogP contribution in [0.4, 0.5) is 11.5 Å². The minimum atomic E-state index is -3.89. The molecule has 0 radical (unpaired) electrons. The number of methoxy groups -OCH3 is 1. The average Bonchev–Trinajstić information content (AvgIpc) is 2.83. The van der Waals surface area contributed by atoms with Crippen LogP contribution in [0.15, 0.2) is 65.8 Å². The van der Waals surface area contributed by atoms with Gasteiger partial charge in [-0.15, -0.1) is 0 Å². The summed E-state index contributed by atoms with van der Waals surface area (Å²) in [7, 11) is -2.48. The second kappa shape index (κ2) is 11.4. The van der Waals surface area contributed by atoms with Gasteiger partial charge >= 0.3 is 0 Å². The summed E-state index contributed by atoms with van der Waals surface area (Å²) in [6.07, 6.45) is 2.00. The zero-order valence-corrected chi connectivity index (χ0v) is 20.1. The number of ether oxygens (including phenoxy) is 2. The molecule has 0 atom stereocenters. The van der Waals surface area contributed by atoms with Crippen molar-refractivity contribution in [3.63, 3.8) is 0 Å². The molecule has 2 aromatic carbocycles. The zero-order chi connectivity index (χ0) is 24.6. The third-order valence-corrected chi connectivity index (χ3v) is 5.91. The van der Waals surface area contributed by atoms with E-state index in [-0.39, 0.29) is 21.7 Å². The Morgan fingerprint density at radius 3 is 2.53 bits per heavy atom. The predicted octanol–water partition coefficient (Wildman–Crippen LogP) is 3.20. The van der Waals surface area contributed by atoms with E-state index >= 15 is 0 Å². The van der Waals surface area contributed by atoms with E-state index in [0.29, 0.717) is 23.6 Å². The minimum absolute atomic E-state index is 0.00702. The van der Waals surface area contributed by atoms with E-state index in [0.717, 1.165) is 6.42 Å². The lowest BCUT2D eigenvalue weighted by Crippen LogP contribution is -2.34. The van der Waals surface area contributed by atoms with Gasteiger partial charge in [-0.2, -0.15) is 0 Å². The SMILES string of the molecule is CCCOc1ccccc1C(=O)NC(=S)Nc1ccc(S(=O)(=O)Nc2cc(OC)ncn2)cc1. The number of para-hydroxylation sites is 1. The Kier molecular flexibility index (Phi) is 8.33. The normalized spacial score (nSPS) is 10.8. The molecule has 0 fully saturated rings. The van der Waals surface area contributed by atoms with Gasteiger partial charge in [0.1, 0.15) is 17.9 Å². The minimum Gasteiger partial charge on any atom is -0.493 e. The Bertz CT molecular complexity index is 1270. The van der Waals surface area contributed by atoms with Crippen LogP contribution < -0.4 is 24.8 Å². The van der Waals surface area contributed by atoms with Crippen LogP contribution in [0.3, 0.4) is 0 Å². The smallest absolute Gasteiger partial charge is 0.263 e. The number of nitrogens with one attached hydrogen (secondary N) is 3. The predicted molar refractivity (Wildman–Crippen MR) is 132 cm³/mol. The Hall–Kier alpha value is -3.77. The van der Waals surface area contributed by atoms with Gasteiger partial charge in [0.25, 0.3) is 15.9 Å². The maximum atomic E-state index is 12.6. The molecule has 1 amide bonds. The summed E-state index contributed by atoms with van der Waals surface area (Å²) in [6, 6.07) is 14.0. The topological polar surface area (TPSA) is 132 Å². The van der Waals surface area contributed by atoms with Crippen molar-refractivity contribution in [3.8, 4) is 11.6 Å². The van der Waals surface area contributed by atoms with E-state index in [1.54, 1.807) is 24.3 Å². The van der Waals surface area contributed by atoms with Crippen LogP contribution >= 0.6 is 12.2 Å². The van der Waals surface area contributed by atoms with Crippen molar-refractivity contribution in [2.75, 3.05) is 23.8 Å². The fourth-order valence-corrected chi connectivity index (χ4v) is 3.96. The molecule has 3 rings (SSSR count). The van der Waals surface area contributed by atoms with Crippen LogP contribution in [0.5, 0.6) is 11.6 Å². The van der Waals surface area contributed by atoms with E-state index in [1.165, 1.54) is 43.8 Å². The van der Waals surface area contributed by atoms with Gasteiger partial charge in [0, 0.05) is 11.8 Å². The first-order chi connectivity index (χ1) is 16.3. The molecule has 10 nitrogen and oxygen atoms in total. The van der Waals surface area contributed by atoms with Crippen LogP contribution in [0, 0.1) is 0 Å². The van der Waals surface area contributed by atoms with Crippen molar-refractivity contribution in [1.29, 1.82) is 0 Å². The molecule has 0 unspecified atom stereocenters. The summed E-state index contributed by atoms with van der Waals surface area (Å²) < 4.78 is 38.2. The number of anilines is 2. The number of sulfonamides is 1. The monoisotopic (exact) mass is 501 g/mol. The van der Waals surface area contributed by atoms with Gasteiger partial charge in [0.2, 0.25) is 5.88 Å². The number of carbonyl (C=O) groups is 1. The molecule has 3 N–H and O–H groups in total. The molecule has 0 saturated carbocycles. The van der Waals surface area contributed by atoms with Crippen LogP contribution in [-0.4, -0.2) is 43.1 Å². The highest BCUT2D eigenvalue weighted by Crippen LogP contribution is 2.20. The zero-order valence-electron chi connectivity index (χ0n) is 18.4. The summed E-state index contributed by atoms with van der Waals surface area (Å²) in [4.78, 5) is 20.3. The standard InChI is InChI=1S/C22H23N5O5S2/c1-3-12-32-18-7-5-4-6-17(18)21(28)26-22(33)25-15-8-10-16(11-9-15)34(29,30)27-19-13-20(31-2)24-14-23-19/h4-11,13-14H,3,12H2,1-2H3,(H,23,24,27)(H2,25,26,28,33). The lowest BCUT2D eigenvalue weighted by Gasteiger charge is -2.13. The number of aromatic nitrogens is 2. The highest BCUT2D eigenvalue weighted by Gasteiger charge is 2.16. The van der Waals surface area contributed by atoms with Gasteiger partial charge in [0.15, 0.2) is 5.11 Å². The molecule has 12 heteroatoms. The van der Waals surface area contributed by atoms with Crippen LogP contribution in [0.2, 0.25) is 0 Å². The molecule has 0 aliphatic heterocycles. The molecule has 1 heterocycles. The maximum absolute atomic E-state index is 12.6. The van der Waals surface area contributed by atoms with E-state index in [9.17, 15) is 13.2 Å². The van der Waals surface area contributed by atoms with Crippen LogP contribution in [-0.2, 0) is 10.0 Å². The number of benzene rings is 2. The highest BCUT2D eigenvalue weighted by atomic mass is 32.2. The fourth-order valence-electron chi connectivity index (χ4n) is 2.75. The fraction of sp³-hybridized carbons (Fsp3) is 0.182. The average molecular weight is 502 g/mol. The van der Waals surface area contributed by atoms with Crippen LogP contribution in [0.1, 0.15) is 23.7 Å². The van der Waals surface area contributed by atoms with Gasteiger partial charge in [-0.1, -0.05) is 19.1 Å². The quantitative estimate of drug-likeness (QED) is 0.378. The number of amides is 1. The first-order valence-electron chi connectivity index (χ1n) is 10.2. The van der Waals surface area contributed by atoms with Crippen molar-refractivity contribution in [1.82, 2.24) is 15.3 Å². The summed E-state index contributed by atoms with van der Waals surface area (Å²) in [5.41, 5.74) is 0.845. The molecular weight excluding hydrogens is 478 g/mol. The number of hydrogen-bond acceptors (Lipinski definition) is 8. The van der Waals surface area contributed by atoms with Gasteiger partial charge in [-0.05, 0) is 55.0 Å². The summed E-state index contributed by atoms with van der Waals surface area (Å²) in [5, 5.41) is 5.50. The maximum Gasteiger partial charge on any atom is 0.263 e. The molecule has 0 bridgehead atoms. The third kappa shape index (κ3) is 6.62. The lowest BCUT2D eigenvalue weighted by atomic mass is 10.2. The third-order valence-electron chi connectivity index (χ3n) is 4.33. The molecule has 178 valence electrons. The van der Waals surface area contributed by atoms with Crippen LogP contribution in [0.25, 0.3) is 0 Å². The second-order valence-corrected chi connectivity index (χ2v) is 8.92. The van der Waals surface area contributed by atoms with Gasteiger partial charge in [-0.25, -0.2) is 18.4 Å². The first-order valence-corrected chi connectivity index (χ1v) is 12.0. The molecule has 34 heavy (non-hydrogen) atoms. The molecule has 0 spiro atoms. The van der Waals surface area contributed by atoms with Gasteiger partial charge in [0.05, 0.1) is 24.2 Å². The van der Waals surface area contributed by atoms with Crippen molar-refractivity contribution in [2.45, 2.75) is 18.2 Å². The Balaban J connectivity index is 1.63. The molecule has 0 aliphatic carbocycles. The molecule has 1 aromatic heterocycles. The number of thiocarbonyl (C=S) groups is 1. The van der Waals surface area contributed by atoms with Crippen molar-refractivity contribution < 1.29 is 22.7 Å². The van der Waals surface area contributed by atoms with Crippen molar-refractivity contribution in [3.05, 3.63) is 66.5 Å². The Labute approximate surface area is 202 Å². The molecular formula is C22H23N5O5S2. The highest BCUT2D eigenvalue weighted by molar-refractivity contribution is 7.92. The first kappa shape index (κ1) is 24.9. The van der Waals surface area contributed by atoms with E-state index < -0.39 is 15.9 Å². The van der Waals surface area contributed by atoms with Gasteiger partial charge in [-0.3, -0.25) is 14.8 Å². The molecule has 3 aromatic rings. The van der Waals surface area contributed by atoms with Crippen molar-refractivity contribution in [2.24, 2.45) is 0 Å². The number of carbonyl (C=O) groups excluding carboxylic acids is 1. The summed E-state index contributed by atoms with van der Waals surface area (Å²) in [6.45, 7) is 2.46. The lowest BCUT2D eigenvalue weighted by molar-refractivity contribution is 0.0973. The number of hydrogen-bond donors (Lipinski definition) is 3. The van der Waals surface area contributed by atoms with E-state index in [2.05, 4.69) is 25.3 Å². The molecule has 0 saturated heterocycles. The van der Waals surface area contributed by atoms with Crippen molar-refractivity contribution >= 4 is 44.8 Å². The second-order valence-electron chi connectivity index (χ2n) is 6.83. The number of rotatable bonds is 9. The summed E-state index contributed by atoms with van der Waals surface area (Å²) in [5.74, 6) is 0.337. The number of nitrogens with zero attached hydrogens (tertiary/aromatic N) is 2. The Morgan fingerprint density at radius 2 is 1.82 bits per heavy atom. The van der Waals surface area contributed by atoms with E-state index in [1.807, 2.05) is 6.92 Å². The summed E-state index contributed by atoms with van der Waals surface area (Å²) >= 11 is 5.22. The van der Waals surface area contributed by atoms with Gasteiger partial charge < -0.3 is 14.8 Å². The van der Waals surface area contributed by atoms with E-state index in [4.69, 9.17) is 21.7 Å².